The summed E-state index contributed by atoms with van der Waals surface area (Å²) >= 11 is 0. The summed E-state index contributed by atoms with van der Waals surface area (Å²) in [5.41, 5.74) is -2.44. The Morgan fingerprint density at radius 3 is 2.66 bits per heavy atom. The van der Waals surface area contributed by atoms with Crippen molar-refractivity contribution in [1.82, 2.24) is 9.97 Å². The number of ether oxygens (including phenoxy) is 2. The van der Waals surface area contributed by atoms with Gasteiger partial charge in [0.05, 0.1) is 13.5 Å². The van der Waals surface area contributed by atoms with Crippen LogP contribution >= 0.6 is 0 Å². The van der Waals surface area contributed by atoms with Crippen molar-refractivity contribution in [2.45, 2.75) is 83.3 Å². The van der Waals surface area contributed by atoms with Crippen LogP contribution < -0.4 is 0 Å². The summed E-state index contributed by atoms with van der Waals surface area (Å²) < 4.78 is 11.2. The van der Waals surface area contributed by atoms with Crippen molar-refractivity contribution < 1.29 is 29.0 Å². The third-order valence-corrected chi connectivity index (χ3v) is 10.4. The van der Waals surface area contributed by atoms with Gasteiger partial charge < -0.3 is 19.6 Å². The molecule has 0 radical (unpaired) electrons. The van der Waals surface area contributed by atoms with Crippen LogP contribution in [0.3, 0.4) is 0 Å². The minimum absolute atomic E-state index is 0.0162. The summed E-state index contributed by atoms with van der Waals surface area (Å²) in [5, 5.41) is 12.1. The number of rotatable bonds is 4. The van der Waals surface area contributed by atoms with Crippen molar-refractivity contribution in [3.8, 4) is 0 Å². The lowest BCUT2D eigenvalue weighted by molar-refractivity contribution is -0.217. The lowest BCUT2D eigenvalue weighted by Gasteiger charge is -2.64. The van der Waals surface area contributed by atoms with Crippen LogP contribution in [0, 0.1) is 28.6 Å². The van der Waals surface area contributed by atoms with Crippen LogP contribution in [-0.4, -0.2) is 51.1 Å². The van der Waals surface area contributed by atoms with Gasteiger partial charge >= 0.3 is 6.16 Å². The first-order chi connectivity index (χ1) is 16.5. The lowest BCUT2D eigenvalue weighted by Crippen LogP contribution is -2.67. The van der Waals surface area contributed by atoms with Crippen molar-refractivity contribution in [2.24, 2.45) is 28.6 Å². The summed E-state index contributed by atoms with van der Waals surface area (Å²) in [5.74, 6) is 0.149. The van der Waals surface area contributed by atoms with Crippen molar-refractivity contribution in [2.75, 3.05) is 7.11 Å². The molecular formula is C27H36N2O6. The zero-order valence-electron chi connectivity index (χ0n) is 21.1. The van der Waals surface area contributed by atoms with Gasteiger partial charge in [0, 0.05) is 35.6 Å². The molecule has 8 heteroatoms. The van der Waals surface area contributed by atoms with E-state index in [4.69, 9.17) is 9.47 Å². The van der Waals surface area contributed by atoms with Crippen LogP contribution in [-0.2, 0) is 25.5 Å². The fraction of sp³-hybridized carbons (Fsp3) is 0.704. The van der Waals surface area contributed by atoms with Crippen LogP contribution in [0.15, 0.2) is 24.0 Å². The average Bonchev–Trinajstić information content (AvgIpc) is 3.40. The highest BCUT2D eigenvalue weighted by molar-refractivity contribution is 5.92. The van der Waals surface area contributed by atoms with E-state index in [0.717, 1.165) is 18.4 Å². The first kappa shape index (κ1) is 24.2. The first-order valence-electron chi connectivity index (χ1n) is 12.8. The highest BCUT2D eigenvalue weighted by atomic mass is 16.7. The molecular weight excluding hydrogens is 448 g/mol. The Hall–Kier alpha value is -2.48. The quantitative estimate of drug-likeness (QED) is 0.622. The number of ketones is 2. The third-order valence-electron chi connectivity index (χ3n) is 10.4. The molecule has 1 aromatic rings. The van der Waals surface area contributed by atoms with Crippen molar-refractivity contribution in [1.29, 1.82) is 0 Å². The van der Waals surface area contributed by atoms with E-state index in [1.807, 2.05) is 13.8 Å². The first-order valence-corrected chi connectivity index (χ1v) is 12.8. The largest absolute Gasteiger partial charge is 0.508 e. The number of Topliss-reactive ketones (excluding diaryl/α,β-unsaturated/α-hetero) is 1. The molecule has 2 N–H and O–H groups in total. The van der Waals surface area contributed by atoms with Crippen LogP contribution in [0.4, 0.5) is 4.79 Å². The smallest absolute Gasteiger partial charge is 0.438 e. The molecule has 0 aromatic carbocycles. The molecule has 0 unspecified atom stereocenters. The van der Waals surface area contributed by atoms with Gasteiger partial charge in [0.15, 0.2) is 11.6 Å². The molecule has 4 aliphatic carbocycles. The lowest BCUT2D eigenvalue weighted by atomic mass is 9.43. The van der Waals surface area contributed by atoms with Gasteiger partial charge in [0.2, 0.25) is 0 Å². The molecule has 3 saturated carbocycles. The third kappa shape index (κ3) is 3.14. The van der Waals surface area contributed by atoms with Gasteiger partial charge in [-0.25, -0.2) is 9.78 Å². The van der Waals surface area contributed by atoms with Gasteiger partial charge in [-0.2, -0.15) is 0 Å². The number of nitrogens with one attached hydrogen (secondary N) is 1. The van der Waals surface area contributed by atoms with Gasteiger partial charge in [-0.1, -0.05) is 26.3 Å². The fourth-order valence-electron chi connectivity index (χ4n) is 8.52. The Kier molecular flexibility index (Phi) is 5.55. The zero-order chi connectivity index (χ0) is 25.2. The molecule has 0 spiro atoms. The standard InChI is InChI=1S/C27H36N2O6/c1-16-13-20-19-6-5-17-14-18(30)7-8-24(17,2)26(19,35-23(32)34-4)10-9-25(20,3)27(16,33)21(31)15-22-28-11-12-29-22/h11-12,14,16,19-20,33H,5-10,13,15H2,1-4H3,(H,28,29)/t16-,19-,20-,24-,25-,26+,27-/m0/s1. The topological polar surface area (TPSA) is 119 Å². The maximum absolute atomic E-state index is 13.6. The molecule has 0 saturated heterocycles. The SMILES string of the molecule is COC(=O)O[C@]12CC[C@@]3(C)[C@@H](C[C@H](C)[C@]3(O)C(=O)Cc3ncc[nH]3)[C@@H]1CCC1=CC(=O)CC[C@@]12C. The van der Waals surface area contributed by atoms with E-state index in [0.29, 0.717) is 37.9 Å². The van der Waals surface area contributed by atoms with Crippen molar-refractivity contribution in [3.05, 3.63) is 29.9 Å². The fourth-order valence-corrected chi connectivity index (χ4v) is 8.52. The maximum Gasteiger partial charge on any atom is 0.508 e. The number of carbonyl (C=O) groups excluding carboxylic acids is 3. The molecule has 35 heavy (non-hydrogen) atoms. The summed E-state index contributed by atoms with van der Waals surface area (Å²) in [6.45, 7) is 6.12. The number of methoxy groups -OCH3 is 1. The molecule has 4 aliphatic rings. The Morgan fingerprint density at radius 2 is 1.97 bits per heavy atom. The van der Waals surface area contributed by atoms with Gasteiger partial charge in [-0.05, 0) is 56.4 Å². The Morgan fingerprint density at radius 1 is 1.20 bits per heavy atom. The van der Waals surface area contributed by atoms with E-state index in [2.05, 4.69) is 16.9 Å². The van der Waals surface area contributed by atoms with Gasteiger partial charge in [-0.15, -0.1) is 0 Å². The highest BCUT2D eigenvalue weighted by Crippen LogP contribution is 2.71. The molecule has 1 heterocycles. The minimum atomic E-state index is -1.50. The van der Waals surface area contributed by atoms with Crippen molar-refractivity contribution >= 4 is 17.7 Å². The van der Waals surface area contributed by atoms with E-state index in [1.165, 1.54) is 7.11 Å². The summed E-state index contributed by atoms with van der Waals surface area (Å²) in [7, 11) is 1.32. The highest BCUT2D eigenvalue weighted by Gasteiger charge is 2.73. The summed E-state index contributed by atoms with van der Waals surface area (Å²) in [6, 6.07) is 0. The Bertz CT molecular complexity index is 1080. The number of aliphatic hydroxyl groups is 1. The van der Waals surface area contributed by atoms with Gasteiger partial charge in [0.25, 0.3) is 0 Å². The van der Waals surface area contributed by atoms with Crippen LogP contribution in [0.5, 0.6) is 0 Å². The summed E-state index contributed by atoms with van der Waals surface area (Å²) in [4.78, 5) is 45.7. The zero-order valence-corrected chi connectivity index (χ0v) is 21.1. The van der Waals surface area contributed by atoms with E-state index in [1.54, 1.807) is 18.5 Å². The minimum Gasteiger partial charge on any atom is -0.438 e. The molecule has 190 valence electrons. The summed E-state index contributed by atoms with van der Waals surface area (Å²) in [6.07, 6.45) is 8.61. The molecule has 3 fully saturated rings. The number of fused-ring (bicyclic) bond motifs is 5. The van der Waals surface area contributed by atoms with Gasteiger partial charge in [0.1, 0.15) is 17.0 Å². The molecule has 0 amide bonds. The molecule has 5 rings (SSSR count). The van der Waals surface area contributed by atoms with E-state index in [-0.39, 0.29) is 35.7 Å². The number of nitrogens with zero attached hydrogens (tertiary/aromatic N) is 1. The van der Waals surface area contributed by atoms with Crippen LogP contribution in [0.25, 0.3) is 0 Å². The predicted octanol–water partition coefficient (Wildman–Crippen LogP) is 3.94. The van der Waals surface area contributed by atoms with Gasteiger partial charge in [-0.3, -0.25) is 9.59 Å². The number of aromatic nitrogens is 2. The van der Waals surface area contributed by atoms with Crippen LogP contribution in [0.2, 0.25) is 0 Å². The normalized spacial score (nSPS) is 42.4. The number of hydrogen-bond donors (Lipinski definition) is 2. The second-order valence-electron chi connectivity index (χ2n) is 11.6. The van der Waals surface area contributed by atoms with E-state index in [9.17, 15) is 19.5 Å². The molecule has 1 aromatic heterocycles. The predicted molar refractivity (Wildman–Crippen MR) is 126 cm³/mol. The second kappa shape index (κ2) is 8.02. The van der Waals surface area contributed by atoms with E-state index < -0.39 is 28.2 Å². The number of imidazole rings is 1. The Balaban J connectivity index is 1.56. The number of carbonyl (C=O) groups is 3. The number of H-pyrrole nitrogens is 1. The Labute approximate surface area is 205 Å². The monoisotopic (exact) mass is 484 g/mol. The molecule has 0 aliphatic heterocycles. The van der Waals surface area contributed by atoms with Crippen LogP contribution in [0.1, 0.15) is 71.5 Å². The molecule has 8 nitrogen and oxygen atoms in total. The molecule has 0 bridgehead atoms. The van der Waals surface area contributed by atoms with E-state index >= 15 is 0 Å². The average molecular weight is 485 g/mol. The molecule has 7 atom stereocenters. The maximum atomic E-state index is 13.6. The van der Waals surface area contributed by atoms with Crippen molar-refractivity contribution in [3.63, 3.8) is 0 Å². The number of aromatic amines is 1. The number of hydrogen-bond acceptors (Lipinski definition) is 7. The second-order valence-corrected chi connectivity index (χ2v) is 11.6.